The molecule has 0 heterocycles. The summed E-state index contributed by atoms with van der Waals surface area (Å²) in [4.78, 5) is 36.5. The summed E-state index contributed by atoms with van der Waals surface area (Å²) in [6.45, 7) is -0.331. The molecule has 0 unspecified atom stereocenters. The number of Topliss-reactive ketones (excluding diaryl/α,β-unsaturated/α-hetero) is 1. The highest BCUT2D eigenvalue weighted by Gasteiger charge is 2.55. The lowest BCUT2D eigenvalue weighted by atomic mass is 9.79. The van der Waals surface area contributed by atoms with Crippen molar-refractivity contribution >= 4 is 29.3 Å². The van der Waals surface area contributed by atoms with E-state index in [1.54, 1.807) is 24.3 Å². The molecule has 0 saturated heterocycles. The second-order valence-corrected chi connectivity index (χ2v) is 6.88. The zero-order valence-corrected chi connectivity index (χ0v) is 14.1. The highest BCUT2D eigenvalue weighted by Crippen LogP contribution is 2.53. The Morgan fingerprint density at radius 1 is 1.04 bits per heavy atom. The van der Waals surface area contributed by atoms with E-state index in [0.717, 1.165) is 19.3 Å². The van der Waals surface area contributed by atoms with Gasteiger partial charge in [0.1, 0.15) is 0 Å². The molecule has 1 aromatic rings. The molecule has 0 amide bonds. The lowest BCUT2D eigenvalue weighted by Crippen LogP contribution is -2.37. The van der Waals surface area contributed by atoms with Crippen LogP contribution in [0, 0.1) is 23.7 Å². The Bertz CT molecular complexity index is 654. The molecule has 0 aromatic heterocycles. The van der Waals surface area contributed by atoms with Gasteiger partial charge in [0.25, 0.3) is 0 Å². The van der Waals surface area contributed by atoms with Gasteiger partial charge in [0.05, 0.1) is 18.9 Å². The molecule has 4 atom stereocenters. The van der Waals surface area contributed by atoms with Gasteiger partial charge in [0.15, 0.2) is 12.4 Å². The van der Waals surface area contributed by atoms with Crippen molar-refractivity contribution in [1.29, 1.82) is 0 Å². The predicted molar refractivity (Wildman–Crippen MR) is 86.6 cm³/mol. The van der Waals surface area contributed by atoms with E-state index in [1.807, 2.05) is 0 Å². The van der Waals surface area contributed by atoms with Crippen LogP contribution in [0.25, 0.3) is 0 Å². The van der Waals surface area contributed by atoms with Gasteiger partial charge in [-0.3, -0.25) is 14.4 Å². The fraction of sp³-hybridized carbons (Fsp3) is 0.500. The van der Waals surface area contributed by atoms with E-state index in [2.05, 4.69) is 0 Å². The molecule has 5 nitrogen and oxygen atoms in total. The van der Waals surface area contributed by atoms with Gasteiger partial charge >= 0.3 is 11.9 Å². The van der Waals surface area contributed by atoms with Crippen LogP contribution in [-0.4, -0.2) is 31.4 Å². The second kappa shape index (κ2) is 6.93. The fourth-order valence-electron chi connectivity index (χ4n) is 4.06. The molecule has 128 valence electrons. The first kappa shape index (κ1) is 17.0. The molecule has 2 bridgehead atoms. The van der Waals surface area contributed by atoms with Crippen molar-refractivity contribution in [3.63, 3.8) is 0 Å². The molecule has 6 heteroatoms. The highest BCUT2D eigenvalue weighted by atomic mass is 35.5. The second-order valence-electron chi connectivity index (χ2n) is 6.45. The molecule has 0 aliphatic heterocycles. The van der Waals surface area contributed by atoms with E-state index in [4.69, 9.17) is 21.1 Å². The summed E-state index contributed by atoms with van der Waals surface area (Å²) in [5.74, 6) is -1.71. The molecule has 0 radical (unpaired) electrons. The van der Waals surface area contributed by atoms with Crippen molar-refractivity contribution < 1.29 is 23.9 Å². The third-order valence-corrected chi connectivity index (χ3v) is 5.43. The van der Waals surface area contributed by atoms with Gasteiger partial charge < -0.3 is 9.47 Å². The summed E-state index contributed by atoms with van der Waals surface area (Å²) in [6, 6.07) is 6.40. The largest absolute Gasteiger partial charge is 0.469 e. The number of hydrogen-bond donors (Lipinski definition) is 0. The molecule has 2 aliphatic rings. The number of carbonyl (C=O) groups excluding carboxylic acids is 3. The van der Waals surface area contributed by atoms with Crippen molar-refractivity contribution in [1.82, 2.24) is 0 Å². The lowest BCUT2D eigenvalue weighted by molar-refractivity contribution is -0.161. The molecule has 0 N–H and O–H groups in total. The number of ketones is 1. The van der Waals surface area contributed by atoms with Gasteiger partial charge in [-0.15, -0.1) is 0 Å². The molecule has 3 rings (SSSR count). The first-order chi connectivity index (χ1) is 11.5. The van der Waals surface area contributed by atoms with Crippen LogP contribution in [0.3, 0.4) is 0 Å². The first-order valence-electron chi connectivity index (χ1n) is 8.04. The Hall–Kier alpha value is -1.88. The molecular formula is C18H19ClO5. The van der Waals surface area contributed by atoms with Crippen LogP contribution in [-0.2, 0) is 19.1 Å². The standard InChI is InChI=1S/C18H19ClO5/c1-23-17(21)15-11-2-3-12(8-11)16(15)18(22)24-9-14(20)10-4-6-13(19)7-5-10/h4-7,11-12,15-16H,2-3,8-9H2,1H3/t11-,12+,15+,16+/m1/s1. The average Bonchev–Trinajstić information content (AvgIpc) is 3.20. The third-order valence-electron chi connectivity index (χ3n) is 5.17. The molecule has 0 spiro atoms. The minimum atomic E-state index is -0.491. The summed E-state index contributed by atoms with van der Waals surface area (Å²) in [5, 5.41) is 0.534. The quantitative estimate of drug-likeness (QED) is 0.603. The van der Waals surface area contributed by atoms with E-state index in [1.165, 1.54) is 7.11 Å². The van der Waals surface area contributed by atoms with Crippen molar-refractivity contribution in [3.8, 4) is 0 Å². The Kier molecular flexibility index (Phi) is 4.90. The van der Waals surface area contributed by atoms with E-state index in [9.17, 15) is 14.4 Å². The molecule has 24 heavy (non-hydrogen) atoms. The van der Waals surface area contributed by atoms with Crippen LogP contribution in [0.1, 0.15) is 29.6 Å². The van der Waals surface area contributed by atoms with Gasteiger partial charge in [-0.05, 0) is 55.4 Å². The van der Waals surface area contributed by atoms with E-state index < -0.39 is 17.8 Å². The Morgan fingerprint density at radius 3 is 2.21 bits per heavy atom. The Labute approximate surface area is 145 Å². The normalized spacial score (nSPS) is 27.8. The number of halogens is 1. The maximum absolute atomic E-state index is 12.5. The van der Waals surface area contributed by atoms with Crippen LogP contribution in [0.15, 0.2) is 24.3 Å². The summed E-state index contributed by atoms with van der Waals surface area (Å²) in [7, 11) is 1.33. The van der Waals surface area contributed by atoms with Crippen LogP contribution >= 0.6 is 11.6 Å². The van der Waals surface area contributed by atoms with Gasteiger partial charge in [-0.2, -0.15) is 0 Å². The molecule has 2 fully saturated rings. The van der Waals surface area contributed by atoms with E-state index in [0.29, 0.717) is 10.6 Å². The monoisotopic (exact) mass is 350 g/mol. The Morgan fingerprint density at radius 2 is 1.62 bits per heavy atom. The first-order valence-corrected chi connectivity index (χ1v) is 8.42. The third kappa shape index (κ3) is 3.18. The minimum Gasteiger partial charge on any atom is -0.469 e. The number of rotatable bonds is 5. The van der Waals surface area contributed by atoms with Gasteiger partial charge in [-0.1, -0.05) is 11.6 Å². The van der Waals surface area contributed by atoms with Gasteiger partial charge in [0, 0.05) is 10.6 Å². The van der Waals surface area contributed by atoms with Crippen LogP contribution in [0.4, 0.5) is 0 Å². The average molecular weight is 351 g/mol. The number of methoxy groups -OCH3 is 1. The summed E-state index contributed by atoms with van der Waals surface area (Å²) in [6.07, 6.45) is 2.71. The zero-order valence-electron chi connectivity index (χ0n) is 13.4. The molecule has 1 aromatic carbocycles. The zero-order chi connectivity index (χ0) is 17.3. The van der Waals surface area contributed by atoms with Crippen molar-refractivity contribution in [2.24, 2.45) is 23.7 Å². The SMILES string of the molecule is COC(=O)[C@H]1[C@@H]2CC[C@@H](C2)[C@@H]1C(=O)OCC(=O)c1ccc(Cl)cc1. The van der Waals surface area contributed by atoms with E-state index in [-0.39, 0.29) is 30.2 Å². The van der Waals surface area contributed by atoms with Gasteiger partial charge in [-0.25, -0.2) is 0 Å². The van der Waals surface area contributed by atoms with Crippen LogP contribution < -0.4 is 0 Å². The van der Waals surface area contributed by atoms with Crippen molar-refractivity contribution in [2.75, 3.05) is 13.7 Å². The predicted octanol–water partition coefficient (Wildman–Crippen LogP) is 2.90. The van der Waals surface area contributed by atoms with Crippen LogP contribution in [0.5, 0.6) is 0 Å². The number of ether oxygens (including phenoxy) is 2. The number of hydrogen-bond acceptors (Lipinski definition) is 5. The molecular weight excluding hydrogens is 332 g/mol. The lowest BCUT2D eigenvalue weighted by Gasteiger charge is -2.27. The number of benzene rings is 1. The maximum atomic E-state index is 12.5. The van der Waals surface area contributed by atoms with Crippen molar-refractivity contribution in [2.45, 2.75) is 19.3 Å². The number of fused-ring (bicyclic) bond motifs is 2. The summed E-state index contributed by atoms with van der Waals surface area (Å²) in [5.41, 5.74) is 0.435. The fourth-order valence-corrected chi connectivity index (χ4v) is 4.18. The number of esters is 2. The Balaban J connectivity index is 1.63. The maximum Gasteiger partial charge on any atom is 0.310 e. The topological polar surface area (TPSA) is 69.7 Å². The summed E-state index contributed by atoms with van der Waals surface area (Å²) < 4.78 is 10.1. The van der Waals surface area contributed by atoms with E-state index >= 15 is 0 Å². The smallest absolute Gasteiger partial charge is 0.310 e. The van der Waals surface area contributed by atoms with Crippen LogP contribution in [0.2, 0.25) is 5.02 Å². The van der Waals surface area contributed by atoms with Gasteiger partial charge in [0.2, 0.25) is 0 Å². The molecule has 2 saturated carbocycles. The minimum absolute atomic E-state index is 0.150. The molecule has 2 aliphatic carbocycles. The van der Waals surface area contributed by atoms with Crippen molar-refractivity contribution in [3.05, 3.63) is 34.9 Å². The highest BCUT2D eigenvalue weighted by molar-refractivity contribution is 6.30. The summed E-state index contributed by atoms with van der Waals surface area (Å²) >= 11 is 5.79. The number of carbonyl (C=O) groups is 3.